The summed E-state index contributed by atoms with van der Waals surface area (Å²) in [4.78, 5) is 0. The fraction of sp³-hybridized carbons (Fsp3) is 0.571. The van der Waals surface area contributed by atoms with E-state index in [0.29, 0.717) is 19.3 Å². The average Bonchev–Trinajstić information content (AvgIpc) is 2.37. The van der Waals surface area contributed by atoms with Crippen LogP contribution in [0.1, 0.15) is 20.3 Å². The Kier molecular flexibility index (Phi) is 7.36. The van der Waals surface area contributed by atoms with Crippen molar-refractivity contribution in [2.24, 2.45) is 0 Å². The molecule has 0 aliphatic heterocycles. The number of ether oxygens (including phenoxy) is 2. The zero-order valence-electron chi connectivity index (χ0n) is 11.4. The van der Waals surface area contributed by atoms with Gasteiger partial charge in [0.05, 0.1) is 6.61 Å². The Hall–Kier alpha value is -1.20. The molecule has 0 atom stereocenters. The second kappa shape index (κ2) is 8.82. The van der Waals surface area contributed by atoms with Crippen LogP contribution in [0.25, 0.3) is 0 Å². The van der Waals surface area contributed by atoms with Gasteiger partial charge in [0.1, 0.15) is 6.61 Å². The highest BCUT2D eigenvalue weighted by atomic mass is 19.2. The molecule has 1 aromatic carbocycles. The van der Waals surface area contributed by atoms with Crippen molar-refractivity contribution < 1.29 is 18.3 Å². The van der Waals surface area contributed by atoms with E-state index in [2.05, 4.69) is 19.2 Å². The van der Waals surface area contributed by atoms with Crippen molar-refractivity contribution in [3.8, 4) is 5.75 Å². The predicted octanol–water partition coefficient (Wildman–Crippen LogP) is 2.75. The first kappa shape index (κ1) is 15.9. The average molecular weight is 273 g/mol. The summed E-state index contributed by atoms with van der Waals surface area (Å²) in [5.74, 6) is -1.94. The van der Waals surface area contributed by atoms with Gasteiger partial charge in [0.15, 0.2) is 11.6 Å². The van der Waals surface area contributed by atoms with Crippen molar-refractivity contribution in [2.45, 2.75) is 26.3 Å². The molecular weight excluding hydrogens is 252 g/mol. The second-order valence-electron chi connectivity index (χ2n) is 4.48. The highest BCUT2D eigenvalue weighted by Gasteiger charge is 2.07. The summed E-state index contributed by atoms with van der Waals surface area (Å²) in [6.07, 6.45) is 0.909. The lowest BCUT2D eigenvalue weighted by molar-refractivity contribution is 0.0964. The molecule has 1 rings (SSSR count). The summed E-state index contributed by atoms with van der Waals surface area (Å²) >= 11 is 0. The zero-order chi connectivity index (χ0) is 14.1. The first-order valence-electron chi connectivity index (χ1n) is 6.49. The minimum Gasteiger partial charge on any atom is -0.488 e. The van der Waals surface area contributed by atoms with E-state index in [1.165, 1.54) is 12.1 Å². The molecule has 0 unspecified atom stereocenters. The van der Waals surface area contributed by atoms with Gasteiger partial charge in [-0.3, -0.25) is 0 Å². The van der Waals surface area contributed by atoms with Crippen LogP contribution in [0, 0.1) is 11.6 Å². The first-order valence-corrected chi connectivity index (χ1v) is 6.49. The molecule has 3 nitrogen and oxygen atoms in total. The molecule has 0 spiro atoms. The van der Waals surface area contributed by atoms with Gasteiger partial charge in [0, 0.05) is 12.6 Å². The van der Waals surface area contributed by atoms with E-state index in [4.69, 9.17) is 9.47 Å². The molecule has 1 N–H and O–H groups in total. The lowest BCUT2D eigenvalue weighted by atomic mass is 10.3. The van der Waals surface area contributed by atoms with Gasteiger partial charge >= 0.3 is 0 Å². The summed E-state index contributed by atoms with van der Waals surface area (Å²) in [5, 5.41) is 3.27. The smallest absolute Gasteiger partial charge is 0.200 e. The quantitative estimate of drug-likeness (QED) is 0.702. The molecule has 19 heavy (non-hydrogen) atoms. The van der Waals surface area contributed by atoms with E-state index in [-0.39, 0.29) is 12.4 Å². The third-order valence-corrected chi connectivity index (χ3v) is 2.42. The zero-order valence-corrected chi connectivity index (χ0v) is 11.4. The Bertz CT molecular complexity index is 372. The van der Waals surface area contributed by atoms with Gasteiger partial charge in [-0.1, -0.05) is 19.9 Å². The Morgan fingerprint density at radius 2 is 1.95 bits per heavy atom. The Morgan fingerprint density at radius 3 is 2.68 bits per heavy atom. The molecule has 0 saturated heterocycles. The van der Waals surface area contributed by atoms with Gasteiger partial charge in [-0.25, -0.2) is 4.39 Å². The topological polar surface area (TPSA) is 30.5 Å². The lowest BCUT2D eigenvalue weighted by Crippen LogP contribution is -2.24. The molecule has 0 aliphatic carbocycles. The van der Waals surface area contributed by atoms with Crippen molar-refractivity contribution in [1.29, 1.82) is 0 Å². The van der Waals surface area contributed by atoms with Crippen molar-refractivity contribution in [3.05, 3.63) is 29.8 Å². The van der Waals surface area contributed by atoms with E-state index < -0.39 is 11.6 Å². The SMILES string of the molecule is CC(C)NCCCOCCOc1cccc(F)c1F. The predicted molar refractivity (Wildman–Crippen MR) is 70.4 cm³/mol. The fourth-order valence-corrected chi connectivity index (χ4v) is 1.47. The van der Waals surface area contributed by atoms with E-state index in [1.54, 1.807) is 0 Å². The van der Waals surface area contributed by atoms with Crippen LogP contribution in [-0.2, 0) is 4.74 Å². The fourth-order valence-electron chi connectivity index (χ4n) is 1.47. The maximum atomic E-state index is 13.2. The summed E-state index contributed by atoms with van der Waals surface area (Å²) in [6.45, 7) is 6.26. The van der Waals surface area contributed by atoms with Crippen LogP contribution < -0.4 is 10.1 Å². The van der Waals surface area contributed by atoms with Gasteiger partial charge in [-0.05, 0) is 25.1 Å². The molecule has 0 fully saturated rings. The van der Waals surface area contributed by atoms with Gasteiger partial charge in [0.2, 0.25) is 5.82 Å². The minimum absolute atomic E-state index is 0.0786. The van der Waals surface area contributed by atoms with Gasteiger partial charge < -0.3 is 14.8 Å². The highest BCUT2D eigenvalue weighted by Crippen LogP contribution is 2.18. The largest absolute Gasteiger partial charge is 0.488 e. The molecule has 1 aromatic rings. The van der Waals surface area contributed by atoms with Crippen LogP contribution in [0.4, 0.5) is 8.78 Å². The molecule has 108 valence electrons. The third kappa shape index (κ3) is 6.50. The van der Waals surface area contributed by atoms with Crippen molar-refractivity contribution in [3.63, 3.8) is 0 Å². The molecule has 0 saturated carbocycles. The molecule has 0 heterocycles. The van der Waals surface area contributed by atoms with Crippen molar-refractivity contribution in [2.75, 3.05) is 26.4 Å². The number of halogens is 2. The third-order valence-electron chi connectivity index (χ3n) is 2.42. The minimum atomic E-state index is -0.955. The highest BCUT2D eigenvalue weighted by molar-refractivity contribution is 5.24. The van der Waals surface area contributed by atoms with E-state index in [0.717, 1.165) is 19.0 Å². The number of hydrogen-bond acceptors (Lipinski definition) is 3. The van der Waals surface area contributed by atoms with Crippen LogP contribution in [0.5, 0.6) is 5.75 Å². The molecule has 0 radical (unpaired) electrons. The Balaban J connectivity index is 2.06. The Labute approximate surface area is 112 Å². The standard InChI is InChI=1S/C14H21F2NO2/c1-11(2)17-7-4-8-18-9-10-19-13-6-3-5-12(15)14(13)16/h3,5-6,11,17H,4,7-10H2,1-2H3. The van der Waals surface area contributed by atoms with E-state index in [1.807, 2.05) is 0 Å². The van der Waals surface area contributed by atoms with E-state index >= 15 is 0 Å². The van der Waals surface area contributed by atoms with Gasteiger partial charge in [-0.15, -0.1) is 0 Å². The summed E-state index contributed by atoms with van der Waals surface area (Å²) in [5.41, 5.74) is 0. The van der Waals surface area contributed by atoms with Gasteiger partial charge in [-0.2, -0.15) is 4.39 Å². The monoisotopic (exact) mass is 273 g/mol. The molecule has 0 bridgehead atoms. The molecule has 5 heteroatoms. The number of benzene rings is 1. The summed E-state index contributed by atoms with van der Waals surface area (Å²) < 4.78 is 36.5. The van der Waals surface area contributed by atoms with Crippen LogP contribution in [0.2, 0.25) is 0 Å². The maximum absolute atomic E-state index is 13.2. The first-order chi connectivity index (χ1) is 9.11. The second-order valence-corrected chi connectivity index (χ2v) is 4.48. The molecule has 0 amide bonds. The lowest BCUT2D eigenvalue weighted by Gasteiger charge is -2.09. The normalized spacial score (nSPS) is 11.0. The van der Waals surface area contributed by atoms with Crippen molar-refractivity contribution in [1.82, 2.24) is 5.32 Å². The summed E-state index contributed by atoms with van der Waals surface area (Å²) in [7, 11) is 0. The summed E-state index contributed by atoms with van der Waals surface area (Å²) in [6, 6.07) is 4.33. The van der Waals surface area contributed by atoms with Crippen LogP contribution in [0.15, 0.2) is 18.2 Å². The maximum Gasteiger partial charge on any atom is 0.200 e. The van der Waals surface area contributed by atoms with E-state index in [9.17, 15) is 8.78 Å². The van der Waals surface area contributed by atoms with Crippen LogP contribution in [-0.4, -0.2) is 32.4 Å². The number of rotatable bonds is 9. The molecule has 0 aromatic heterocycles. The van der Waals surface area contributed by atoms with Gasteiger partial charge in [0.25, 0.3) is 0 Å². The molecular formula is C14H21F2NO2. The number of hydrogen-bond donors (Lipinski definition) is 1. The van der Waals surface area contributed by atoms with Crippen molar-refractivity contribution >= 4 is 0 Å². The van der Waals surface area contributed by atoms with Crippen LogP contribution in [0.3, 0.4) is 0 Å². The van der Waals surface area contributed by atoms with Crippen LogP contribution >= 0.6 is 0 Å². The Morgan fingerprint density at radius 1 is 1.16 bits per heavy atom. The molecule has 0 aliphatic rings. The number of nitrogens with one attached hydrogen (secondary N) is 1.